The van der Waals surface area contributed by atoms with Crippen LogP contribution in [0.5, 0.6) is 0 Å². The van der Waals surface area contributed by atoms with Crippen molar-refractivity contribution in [3.05, 3.63) is 52.9 Å². The quantitative estimate of drug-likeness (QED) is 0.905. The second kappa shape index (κ2) is 7.80. The molecular weight excluding hydrogens is 343 g/mol. The molecule has 1 saturated heterocycles. The van der Waals surface area contributed by atoms with E-state index in [9.17, 15) is 9.18 Å². The molecule has 3 rings (SSSR count). The second-order valence-electron chi connectivity index (χ2n) is 5.91. The van der Waals surface area contributed by atoms with E-state index in [1.807, 2.05) is 4.90 Å². The van der Waals surface area contributed by atoms with Gasteiger partial charge in [0.1, 0.15) is 11.6 Å². The molecule has 1 N–H and O–H groups in total. The molecule has 0 unspecified atom stereocenters. The van der Waals surface area contributed by atoms with Crippen LogP contribution in [0.1, 0.15) is 17.3 Å². The lowest BCUT2D eigenvalue weighted by Crippen LogP contribution is -2.48. The van der Waals surface area contributed by atoms with Crippen molar-refractivity contribution >= 4 is 29.0 Å². The van der Waals surface area contributed by atoms with E-state index in [-0.39, 0.29) is 10.9 Å². The lowest BCUT2D eigenvalue weighted by atomic mass is 10.2. The predicted molar refractivity (Wildman–Crippen MR) is 96.9 cm³/mol. The average Bonchev–Trinajstić information content (AvgIpc) is 2.64. The van der Waals surface area contributed by atoms with Gasteiger partial charge in [-0.1, -0.05) is 18.5 Å². The Kier molecular flexibility index (Phi) is 5.50. The fourth-order valence-corrected chi connectivity index (χ4v) is 2.98. The summed E-state index contributed by atoms with van der Waals surface area (Å²) in [6, 6.07) is 7.74. The van der Waals surface area contributed by atoms with Crippen LogP contribution < -0.4 is 5.32 Å². The first-order valence-corrected chi connectivity index (χ1v) is 8.64. The van der Waals surface area contributed by atoms with E-state index in [2.05, 4.69) is 22.1 Å². The molecule has 0 spiro atoms. The molecule has 0 radical (unpaired) electrons. The molecule has 2 heterocycles. The monoisotopic (exact) mass is 362 g/mol. The molecule has 1 aliphatic heterocycles. The number of nitrogens with one attached hydrogen (secondary N) is 1. The fourth-order valence-electron chi connectivity index (χ4n) is 2.80. The van der Waals surface area contributed by atoms with Crippen LogP contribution in [-0.4, -0.2) is 53.4 Å². The highest BCUT2D eigenvalue weighted by atomic mass is 35.5. The number of carbonyl (C=O) groups excluding carboxylic acids is 1. The first-order valence-electron chi connectivity index (χ1n) is 8.26. The van der Waals surface area contributed by atoms with Gasteiger partial charge in [0.25, 0.3) is 5.91 Å². The number of rotatable bonds is 4. The van der Waals surface area contributed by atoms with Gasteiger partial charge in [0, 0.05) is 43.6 Å². The number of nitrogens with zero attached hydrogens (tertiary/aromatic N) is 3. The van der Waals surface area contributed by atoms with Crippen LogP contribution in [0.15, 0.2) is 36.5 Å². The van der Waals surface area contributed by atoms with Crippen LogP contribution in [-0.2, 0) is 0 Å². The SMILES string of the molecule is CCN1CCN(C(=O)c2ccnc(Nc3ccc(F)c(Cl)c3)c2)CC1. The third-order valence-electron chi connectivity index (χ3n) is 4.31. The van der Waals surface area contributed by atoms with Gasteiger partial charge in [0.15, 0.2) is 0 Å². The minimum absolute atomic E-state index is 0.00154. The van der Waals surface area contributed by atoms with E-state index in [0.29, 0.717) is 17.1 Å². The molecule has 0 aliphatic carbocycles. The number of piperazine rings is 1. The van der Waals surface area contributed by atoms with E-state index in [0.717, 1.165) is 32.7 Å². The zero-order valence-electron chi connectivity index (χ0n) is 14.0. The minimum atomic E-state index is -0.477. The topological polar surface area (TPSA) is 48.5 Å². The summed E-state index contributed by atoms with van der Waals surface area (Å²) in [6.45, 7) is 6.38. The molecule has 1 aliphatic rings. The van der Waals surface area contributed by atoms with Crippen LogP contribution in [0.4, 0.5) is 15.9 Å². The number of pyridine rings is 1. The molecule has 1 amide bonds. The molecule has 7 heteroatoms. The first kappa shape index (κ1) is 17.6. The minimum Gasteiger partial charge on any atom is -0.340 e. The van der Waals surface area contributed by atoms with Gasteiger partial charge in [-0.2, -0.15) is 0 Å². The van der Waals surface area contributed by atoms with Gasteiger partial charge in [-0.25, -0.2) is 9.37 Å². The first-order chi connectivity index (χ1) is 12.1. The number of hydrogen-bond acceptors (Lipinski definition) is 4. The van der Waals surface area contributed by atoms with Gasteiger partial charge >= 0.3 is 0 Å². The largest absolute Gasteiger partial charge is 0.340 e. The van der Waals surface area contributed by atoms with Crippen molar-refractivity contribution in [1.29, 1.82) is 0 Å². The van der Waals surface area contributed by atoms with Crippen molar-refractivity contribution < 1.29 is 9.18 Å². The number of benzene rings is 1. The Labute approximate surface area is 151 Å². The highest BCUT2D eigenvalue weighted by molar-refractivity contribution is 6.31. The Hall–Kier alpha value is -2.18. The number of likely N-dealkylation sites (N-methyl/N-ethyl adjacent to an activating group) is 1. The lowest BCUT2D eigenvalue weighted by molar-refractivity contribution is 0.0643. The van der Waals surface area contributed by atoms with E-state index in [1.165, 1.54) is 12.1 Å². The Morgan fingerprint density at radius 3 is 2.68 bits per heavy atom. The maximum absolute atomic E-state index is 13.2. The zero-order valence-corrected chi connectivity index (χ0v) is 14.8. The van der Waals surface area contributed by atoms with Crippen molar-refractivity contribution in [2.75, 3.05) is 38.0 Å². The lowest BCUT2D eigenvalue weighted by Gasteiger charge is -2.34. The van der Waals surface area contributed by atoms with E-state index in [4.69, 9.17) is 11.6 Å². The highest BCUT2D eigenvalue weighted by Gasteiger charge is 2.21. The van der Waals surface area contributed by atoms with Crippen LogP contribution in [0, 0.1) is 5.82 Å². The molecule has 0 bridgehead atoms. The second-order valence-corrected chi connectivity index (χ2v) is 6.32. The van der Waals surface area contributed by atoms with Crippen molar-refractivity contribution in [2.24, 2.45) is 0 Å². The van der Waals surface area contributed by atoms with E-state index >= 15 is 0 Å². The molecule has 0 atom stereocenters. The van der Waals surface area contributed by atoms with Crippen LogP contribution in [0.25, 0.3) is 0 Å². The maximum atomic E-state index is 13.2. The zero-order chi connectivity index (χ0) is 17.8. The Morgan fingerprint density at radius 1 is 1.24 bits per heavy atom. The van der Waals surface area contributed by atoms with Gasteiger partial charge in [-0.15, -0.1) is 0 Å². The van der Waals surface area contributed by atoms with Gasteiger partial charge < -0.3 is 15.1 Å². The average molecular weight is 363 g/mol. The van der Waals surface area contributed by atoms with Crippen LogP contribution in [0.2, 0.25) is 5.02 Å². The summed E-state index contributed by atoms with van der Waals surface area (Å²) in [5, 5.41) is 3.08. The summed E-state index contributed by atoms with van der Waals surface area (Å²) in [4.78, 5) is 21.1. The molecular formula is C18H20ClFN4O. The van der Waals surface area contributed by atoms with Gasteiger partial charge in [-0.05, 0) is 36.9 Å². The summed E-state index contributed by atoms with van der Waals surface area (Å²) in [7, 11) is 0. The van der Waals surface area contributed by atoms with E-state index < -0.39 is 5.82 Å². The summed E-state index contributed by atoms with van der Waals surface area (Å²) in [6.07, 6.45) is 1.59. The van der Waals surface area contributed by atoms with Gasteiger partial charge in [-0.3, -0.25) is 4.79 Å². The van der Waals surface area contributed by atoms with Crippen molar-refractivity contribution in [1.82, 2.24) is 14.8 Å². The number of anilines is 2. The molecule has 1 aromatic heterocycles. The smallest absolute Gasteiger partial charge is 0.254 e. The number of aromatic nitrogens is 1. The van der Waals surface area contributed by atoms with Crippen molar-refractivity contribution in [3.8, 4) is 0 Å². The van der Waals surface area contributed by atoms with Gasteiger partial charge in [0.05, 0.1) is 5.02 Å². The third kappa shape index (κ3) is 4.27. The Bertz CT molecular complexity index is 762. The number of halogens is 2. The number of hydrogen-bond donors (Lipinski definition) is 1. The van der Waals surface area contributed by atoms with Crippen molar-refractivity contribution in [3.63, 3.8) is 0 Å². The fraction of sp³-hybridized carbons (Fsp3) is 0.333. The molecule has 1 fully saturated rings. The van der Waals surface area contributed by atoms with Crippen LogP contribution in [0.3, 0.4) is 0 Å². The summed E-state index contributed by atoms with van der Waals surface area (Å²) in [5.74, 6) is 0.0365. The van der Waals surface area contributed by atoms with E-state index in [1.54, 1.807) is 24.4 Å². The van der Waals surface area contributed by atoms with Gasteiger partial charge in [0.2, 0.25) is 0 Å². The van der Waals surface area contributed by atoms with Crippen molar-refractivity contribution in [2.45, 2.75) is 6.92 Å². The summed E-state index contributed by atoms with van der Waals surface area (Å²) in [5.41, 5.74) is 1.19. The molecule has 0 saturated carbocycles. The normalized spacial score (nSPS) is 15.2. The molecule has 5 nitrogen and oxygen atoms in total. The molecule has 25 heavy (non-hydrogen) atoms. The third-order valence-corrected chi connectivity index (χ3v) is 4.60. The molecule has 132 valence electrons. The highest BCUT2D eigenvalue weighted by Crippen LogP contribution is 2.22. The summed E-state index contributed by atoms with van der Waals surface area (Å²) >= 11 is 5.79. The standard InChI is InChI=1S/C18H20ClFN4O/c1-2-23-7-9-24(10-8-23)18(25)13-5-6-21-17(11-13)22-14-3-4-16(20)15(19)12-14/h3-6,11-12H,2,7-10H2,1H3,(H,21,22). The molecule has 2 aromatic rings. The summed E-state index contributed by atoms with van der Waals surface area (Å²) < 4.78 is 13.2. The predicted octanol–water partition coefficient (Wildman–Crippen LogP) is 3.40. The molecule has 1 aromatic carbocycles. The Morgan fingerprint density at radius 2 is 2.00 bits per heavy atom. The number of amides is 1. The Balaban J connectivity index is 1.70. The maximum Gasteiger partial charge on any atom is 0.254 e. The van der Waals surface area contributed by atoms with Crippen LogP contribution >= 0.6 is 11.6 Å². The number of carbonyl (C=O) groups is 1.